The van der Waals surface area contributed by atoms with Gasteiger partial charge in [0, 0.05) is 11.7 Å². The minimum Gasteiger partial charge on any atom is -0.381 e. The van der Waals surface area contributed by atoms with Gasteiger partial charge >= 0.3 is 6.18 Å². The van der Waals surface area contributed by atoms with E-state index in [9.17, 15) is 13.2 Å². The molecule has 0 aliphatic heterocycles. The molecule has 0 bridgehead atoms. The third-order valence-electron chi connectivity index (χ3n) is 4.04. The Kier molecular flexibility index (Phi) is 3.12. The molecule has 2 saturated carbocycles. The molecule has 1 aromatic rings. The normalized spacial score (nSPS) is 18.9. The average Bonchev–Trinajstić information content (AvgIpc) is 3.28. The van der Waals surface area contributed by atoms with Crippen molar-refractivity contribution in [3.63, 3.8) is 0 Å². The summed E-state index contributed by atoms with van der Waals surface area (Å²) in [5.41, 5.74) is -0.583. The number of benzene rings is 1. The Morgan fingerprint density at radius 3 is 2.20 bits per heavy atom. The van der Waals surface area contributed by atoms with Gasteiger partial charge in [-0.05, 0) is 55.7 Å². The Morgan fingerprint density at radius 2 is 1.75 bits per heavy atom. The summed E-state index contributed by atoms with van der Waals surface area (Å²) in [6.45, 7) is 0. The topological polar surface area (TPSA) is 35.8 Å². The first-order chi connectivity index (χ1) is 9.49. The van der Waals surface area contributed by atoms with Gasteiger partial charge in [-0.1, -0.05) is 0 Å². The molecule has 1 aromatic carbocycles. The van der Waals surface area contributed by atoms with Crippen LogP contribution in [0.5, 0.6) is 0 Å². The third kappa shape index (κ3) is 2.74. The lowest BCUT2D eigenvalue weighted by atomic mass is 10.0. The van der Waals surface area contributed by atoms with Crippen LogP contribution in [-0.4, -0.2) is 6.04 Å². The minimum atomic E-state index is -4.44. The van der Waals surface area contributed by atoms with Crippen molar-refractivity contribution >= 4 is 5.69 Å². The number of nitrogens with one attached hydrogen (secondary N) is 1. The van der Waals surface area contributed by atoms with Gasteiger partial charge in [0.1, 0.15) is 0 Å². The minimum absolute atomic E-state index is 0.0391. The number of hydrogen-bond acceptors (Lipinski definition) is 2. The Morgan fingerprint density at radius 1 is 1.15 bits per heavy atom. The van der Waals surface area contributed by atoms with Crippen LogP contribution in [-0.2, 0) is 6.18 Å². The van der Waals surface area contributed by atoms with E-state index in [0.29, 0.717) is 11.8 Å². The van der Waals surface area contributed by atoms with E-state index in [1.54, 1.807) is 6.07 Å². The molecule has 0 radical (unpaired) electrons. The molecule has 2 aliphatic rings. The van der Waals surface area contributed by atoms with Crippen LogP contribution in [0, 0.1) is 23.2 Å². The maximum absolute atomic E-state index is 13.1. The lowest BCUT2D eigenvalue weighted by Gasteiger charge is -2.22. The predicted octanol–water partition coefficient (Wildman–Crippen LogP) is 4.18. The largest absolute Gasteiger partial charge is 0.418 e. The maximum Gasteiger partial charge on any atom is 0.418 e. The molecule has 106 valence electrons. The number of halogens is 3. The summed E-state index contributed by atoms with van der Waals surface area (Å²) < 4.78 is 39.3. The van der Waals surface area contributed by atoms with E-state index in [4.69, 9.17) is 5.26 Å². The Balaban J connectivity index is 1.89. The molecule has 0 aromatic heterocycles. The number of rotatable bonds is 4. The number of nitrogens with zero attached hydrogens (tertiary/aromatic N) is 1. The molecule has 0 heterocycles. The highest BCUT2D eigenvalue weighted by Gasteiger charge is 2.43. The van der Waals surface area contributed by atoms with E-state index >= 15 is 0 Å². The molecular formula is C15H15F3N2. The second-order valence-corrected chi connectivity index (χ2v) is 5.71. The van der Waals surface area contributed by atoms with Crippen molar-refractivity contribution in [1.82, 2.24) is 0 Å². The molecule has 0 spiro atoms. The summed E-state index contributed by atoms with van der Waals surface area (Å²) in [5.74, 6) is 1.03. The highest BCUT2D eigenvalue weighted by Crippen LogP contribution is 2.47. The fourth-order valence-electron chi connectivity index (χ4n) is 2.69. The van der Waals surface area contributed by atoms with Gasteiger partial charge in [-0.15, -0.1) is 0 Å². The summed E-state index contributed by atoms with van der Waals surface area (Å²) in [4.78, 5) is 0. The summed E-state index contributed by atoms with van der Waals surface area (Å²) >= 11 is 0. The van der Waals surface area contributed by atoms with Gasteiger partial charge in [0.2, 0.25) is 0 Å². The summed E-state index contributed by atoms with van der Waals surface area (Å²) in [6, 6.07) is 5.68. The first kappa shape index (κ1) is 13.3. The molecule has 2 fully saturated rings. The van der Waals surface area contributed by atoms with Crippen molar-refractivity contribution in [3.05, 3.63) is 29.3 Å². The SMILES string of the molecule is N#Cc1ccc(NC(C2CC2)C2CC2)c(C(F)(F)F)c1. The van der Waals surface area contributed by atoms with Crippen LogP contribution in [0.15, 0.2) is 18.2 Å². The Bertz CT molecular complexity index is 539. The zero-order valence-electron chi connectivity index (χ0n) is 10.9. The standard InChI is InChI=1S/C15H15F3N2/c16-15(17,18)12-7-9(8-19)1-6-13(12)20-14(10-2-3-10)11-4-5-11/h1,6-7,10-11,14,20H,2-5H2. The van der Waals surface area contributed by atoms with Crippen molar-refractivity contribution in [1.29, 1.82) is 5.26 Å². The van der Waals surface area contributed by atoms with Gasteiger partial charge in [-0.3, -0.25) is 0 Å². The molecule has 0 amide bonds. The molecule has 0 atom stereocenters. The van der Waals surface area contributed by atoms with E-state index in [-0.39, 0.29) is 17.3 Å². The zero-order valence-corrected chi connectivity index (χ0v) is 10.9. The predicted molar refractivity (Wildman–Crippen MR) is 69.0 cm³/mol. The van der Waals surface area contributed by atoms with Crippen molar-refractivity contribution in [2.75, 3.05) is 5.32 Å². The fourth-order valence-corrected chi connectivity index (χ4v) is 2.69. The zero-order chi connectivity index (χ0) is 14.3. The van der Waals surface area contributed by atoms with Crippen LogP contribution >= 0.6 is 0 Å². The molecule has 5 heteroatoms. The molecule has 0 unspecified atom stereocenters. The van der Waals surface area contributed by atoms with E-state index in [1.807, 2.05) is 0 Å². The van der Waals surface area contributed by atoms with Gasteiger partial charge < -0.3 is 5.32 Å². The Labute approximate surface area is 115 Å². The fraction of sp³-hybridized carbons (Fsp3) is 0.533. The van der Waals surface area contributed by atoms with Crippen LogP contribution in [0.3, 0.4) is 0 Å². The summed E-state index contributed by atoms with van der Waals surface area (Å²) in [5, 5.41) is 11.9. The molecule has 20 heavy (non-hydrogen) atoms. The van der Waals surface area contributed by atoms with Crippen LogP contribution < -0.4 is 5.32 Å². The van der Waals surface area contributed by atoms with Gasteiger partial charge in [0.05, 0.1) is 17.2 Å². The van der Waals surface area contributed by atoms with Crippen molar-refractivity contribution in [3.8, 4) is 6.07 Å². The van der Waals surface area contributed by atoms with E-state index in [0.717, 1.165) is 31.7 Å². The average molecular weight is 280 g/mol. The molecule has 3 rings (SSSR count). The van der Waals surface area contributed by atoms with Crippen molar-refractivity contribution in [2.24, 2.45) is 11.8 Å². The van der Waals surface area contributed by atoms with E-state index in [1.165, 1.54) is 12.1 Å². The van der Waals surface area contributed by atoms with Crippen molar-refractivity contribution in [2.45, 2.75) is 37.9 Å². The first-order valence-electron chi connectivity index (χ1n) is 6.87. The second-order valence-electron chi connectivity index (χ2n) is 5.71. The third-order valence-corrected chi connectivity index (χ3v) is 4.04. The smallest absolute Gasteiger partial charge is 0.381 e. The monoisotopic (exact) mass is 280 g/mol. The Hall–Kier alpha value is -1.70. The van der Waals surface area contributed by atoms with Crippen molar-refractivity contribution < 1.29 is 13.2 Å². The first-order valence-corrected chi connectivity index (χ1v) is 6.87. The van der Waals surface area contributed by atoms with Crippen LogP contribution in [0.1, 0.15) is 36.8 Å². The number of anilines is 1. The van der Waals surface area contributed by atoms with Crippen LogP contribution in [0.2, 0.25) is 0 Å². The summed E-state index contributed by atoms with van der Waals surface area (Å²) in [7, 11) is 0. The lowest BCUT2D eigenvalue weighted by molar-refractivity contribution is -0.137. The lowest BCUT2D eigenvalue weighted by Crippen LogP contribution is -2.26. The van der Waals surface area contributed by atoms with E-state index < -0.39 is 11.7 Å². The quantitative estimate of drug-likeness (QED) is 0.898. The van der Waals surface area contributed by atoms with Crippen LogP contribution in [0.25, 0.3) is 0 Å². The molecule has 2 aliphatic carbocycles. The molecule has 1 N–H and O–H groups in total. The summed E-state index contributed by atoms with van der Waals surface area (Å²) in [6.07, 6.45) is -0.0258. The van der Waals surface area contributed by atoms with E-state index in [2.05, 4.69) is 5.32 Å². The number of alkyl halides is 3. The molecule has 0 saturated heterocycles. The highest BCUT2D eigenvalue weighted by atomic mass is 19.4. The van der Waals surface area contributed by atoms with Gasteiger partial charge in [0.25, 0.3) is 0 Å². The molecule has 2 nitrogen and oxygen atoms in total. The second kappa shape index (κ2) is 4.69. The maximum atomic E-state index is 13.1. The molecular weight excluding hydrogens is 265 g/mol. The van der Waals surface area contributed by atoms with Gasteiger partial charge in [-0.2, -0.15) is 18.4 Å². The number of nitriles is 1. The van der Waals surface area contributed by atoms with Gasteiger partial charge in [0.15, 0.2) is 0 Å². The van der Waals surface area contributed by atoms with Gasteiger partial charge in [-0.25, -0.2) is 0 Å². The number of hydrogen-bond donors (Lipinski definition) is 1. The van der Waals surface area contributed by atoms with Crippen LogP contribution in [0.4, 0.5) is 18.9 Å². The highest BCUT2D eigenvalue weighted by molar-refractivity contribution is 5.57.